The van der Waals surface area contributed by atoms with Crippen molar-refractivity contribution < 1.29 is 13.9 Å². The molecule has 1 heterocycles. The number of hydrogen-bond acceptors (Lipinski definition) is 3. The second-order valence-corrected chi connectivity index (χ2v) is 4.39. The van der Waals surface area contributed by atoms with Crippen LogP contribution in [0.25, 0.3) is 0 Å². The Bertz CT molecular complexity index is 531. The molecule has 3 nitrogen and oxygen atoms in total. The van der Waals surface area contributed by atoms with E-state index >= 15 is 0 Å². The van der Waals surface area contributed by atoms with Gasteiger partial charge in [-0.05, 0) is 45.8 Å². The number of methoxy groups -OCH3 is 1. The zero-order valence-corrected chi connectivity index (χ0v) is 11.3. The first-order chi connectivity index (χ1) is 8.69. The van der Waals surface area contributed by atoms with Crippen molar-refractivity contribution >= 4 is 15.9 Å². The smallest absolute Gasteiger partial charge is 0.165 e. The van der Waals surface area contributed by atoms with Gasteiger partial charge < -0.3 is 9.47 Å². The number of pyridine rings is 1. The number of benzene rings is 1. The lowest BCUT2D eigenvalue weighted by atomic mass is 10.2. The lowest BCUT2D eigenvalue weighted by Gasteiger charge is -2.07. The van der Waals surface area contributed by atoms with E-state index in [0.29, 0.717) is 5.75 Å². The fourth-order valence-corrected chi connectivity index (χ4v) is 1.65. The van der Waals surface area contributed by atoms with Gasteiger partial charge in [-0.1, -0.05) is 6.07 Å². The summed E-state index contributed by atoms with van der Waals surface area (Å²) in [4.78, 5) is 4.03. The Hall–Kier alpha value is -1.62. The van der Waals surface area contributed by atoms with E-state index in [-0.39, 0.29) is 12.4 Å². The van der Waals surface area contributed by atoms with Crippen molar-refractivity contribution in [1.82, 2.24) is 4.98 Å². The van der Waals surface area contributed by atoms with Crippen molar-refractivity contribution in [2.24, 2.45) is 0 Å². The third kappa shape index (κ3) is 3.20. The monoisotopic (exact) mass is 311 g/mol. The molecular formula is C13H11BrFNO2. The molecule has 1 aromatic carbocycles. The van der Waals surface area contributed by atoms with Crippen molar-refractivity contribution in [1.29, 1.82) is 0 Å². The Labute approximate surface area is 113 Å². The molecule has 0 aliphatic carbocycles. The Morgan fingerprint density at radius 1 is 1.28 bits per heavy atom. The Morgan fingerprint density at radius 3 is 2.72 bits per heavy atom. The first-order valence-electron chi connectivity index (χ1n) is 5.26. The van der Waals surface area contributed by atoms with Gasteiger partial charge >= 0.3 is 0 Å². The van der Waals surface area contributed by atoms with Crippen LogP contribution in [0.1, 0.15) is 5.56 Å². The summed E-state index contributed by atoms with van der Waals surface area (Å²) in [5.41, 5.74) is 0.733. The molecule has 0 bridgehead atoms. The van der Waals surface area contributed by atoms with Crippen LogP contribution in [-0.2, 0) is 6.61 Å². The van der Waals surface area contributed by atoms with E-state index in [1.807, 2.05) is 0 Å². The summed E-state index contributed by atoms with van der Waals surface area (Å²) < 4.78 is 24.5. The zero-order chi connectivity index (χ0) is 13.0. The maximum absolute atomic E-state index is 13.4. The SMILES string of the molecule is COc1ccc(COc2ccc(Br)nc2)cc1F. The highest BCUT2D eigenvalue weighted by Gasteiger charge is 2.04. The standard InChI is InChI=1S/C13H11BrFNO2/c1-17-12-4-2-9(6-11(12)15)8-18-10-3-5-13(14)16-7-10/h2-7H,8H2,1H3. The Balaban J connectivity index is 2.02. The van der Waals surface area contributed by atoms with Crippen LogP contribution >= 0.6 is 15.9 Å². The molecule has 2 aromatic rings. The first-order valence-corrected chi connectivity index (χ1v) is 6.05. The lowest BCUT2D eigenvalue weighted by molar-refractivity contribution is 0.303. The van der Waals surface area contributed by atoms with Crippen molar-refractivity contribution in [3.05, 3.63) is 52.5 Å². The third-order valence-electron chi connectivity index (χ3n) is 2.32. The fourth-order valence-electron chi connectivity index (χ4n) is 1.41. The van der Waals surface area contributed by atoms with Gasteiger partial charge in [0.2, 0.25) is 0 Å². The maximum atomic E-state index is 13.4. The van der Waals surface area contributed by atoms with Gasteiger partial charge in [-0.25, -0.2) is 9.37 Å². The number of halogens is 2. The molecule has 1 aromatic heterocycles. The van der Waals surface area contributed by atoms with Crippen molar-refractivity contribution in [2.45, 2.75) is 6.61 Å². The molecule has 0 fully saturated rings. The van der Waals surface area contributed by atoms with Crippen LogP contribution in [0.15, 0.2) is 41.1 Å². The molecule has 0 spiro atoms. The molecule has 5 heteroatoms. The summed E-state index contributed by atoms with van der Waals surface area (Å²) in [6.07, 6.45) is 1.60. The van der Waals surface area contributed by atoms with E-state index in [0.717, 1.165) is 10.2 Å². The summed E-state index contributed by atoms with van der Waals surface area (Å²) in [5, 5.41) is 0. The van der Waals surface area contributed by atoms with Gasteiger partial charge in [-0.3, -0.25) is 0 Å². The number of aromatic nitrogens is 1. The average Bonchev–Trinajstić information content (AvgIpc) is 2.38. The summed E-state index contributed by atoms with van der Waals surface area (Å²) in [6.45, 7) is 0.282. The van der Waals surface area contributed by atoms with Crippen LogP contribution in [0.5, 0.6) is 11.5 Å². The van der Waals surface area contributed by atoms with Crippen molar-refractivity contribution in [3.63, 3.8) is 0 Å². The molecule has 0 saturated heterocycles. The molecule has 0 aliphatic rings. The highest BCUT2D eigenvalue weighted by Crippen LogP contribution is 2.19. The number of nitrogens with zero attached hydrogens (tertiary/aromatic N) is 1. The van der Waals surface area contributed by atoms with Gasteiger partial charge in [-0.15, -0.1) is 0 Å². The first kappa shape index (κ1) is 12.8. The number of hydrogen-bond donors (Lipinski definition) is 0. The molecule has 0 saturated carbocycles. The van der Waals surface area contributed by atoms with Crippen LogP contribution < -0.4 is 9.47 Å². The minimum atomic E-state index is -0.396. The normalized spacial score (nSPS) is 10.2. The Kier molecular flexibility index (Phi) is 4.15. The highest BCUT2D eigenvalue weighted by molar-refractivity contribution is 9.10. The molecule has 0 radical (unpaired) electrons. The van der Waals surface area contributed by atoms with E-state index in [1.165, 1.54) is 13.2 Å². The molecule has 0 amide bonds. The van der Waals surface area contributed by atoms with Gasteiger partial charge in [0.15, 0.2) is 11.6 Å². The van der Waals surface area contributed by atoms with E-state index < -0.39 is 5.82 Å². The summed E-state index contributed by atoms with van der Waals surface area (Å²) in [7, 11) is 1.43. The molecule has 0 atom stereocenters. The number of rotatable bonds is 4. The second-order valence-electron chi connectivity index (χ2n) is 3.57. The molecular weight excluding hydrogens is 301 g/mol. The van der Waals surface area contributed by atoms with Crippen LogP contribution in [-0.4, -0.2) is 12.1 Å². The van der Waals surface area contributed by atoms with Gasteiger partial charge in [0.25, 0.3) is 0 Å². The Morgan fingerprint density at radius 2 is 2.11 bits per heavy atom. The highest BCUT2D eigenvalue weighted by atomic mass is 79.9. The average molecular weight is 312 g/mol. The van der Waals surface area contributed by atoms with Crippen LogP contribution in [0.4, 0.5) is 4.39 Å². The molecule has 94 valence electrons. The predicted molar refractivity (Wildman–Crippen MR) is 69.2 cm³/mol. The summed E-state index contributed by atoms with van der Waals surface area (Å²) in [5.74, 6) is 0.464. The second kappa shape index (κ2) is 5.82. The molecule has 0 unspecified atom stereocenters. The zero-order valence-electron chi connectivity index (χ0n) is 9.69. The minimum Gasteiger partial charge on any atom is -0.494 e. The van der Waals surface area contributed by atoms with E-state index in [2.05, 4.69) is 20.9 Å². The lowest BCUT2D eigenvalue weighted by Crippen LogP contribution is -1.97. The van der Waals surface area contributed by atoms with Gasteiger partial charge in [0, 0.05) is 0 Å². The molecule has 0 N–H and O–H groups in total. The largest absolute Gasteiger partial charge is 0.494 e. The fraction of sp³-hybridized carbons (Fsp3) is 0.154. The van der Waals surface area contributed by atoms with Crippen molar-refractivity contribution in [3.8, 4) is 11.5 Å². The minimum absolute atomic E-state index is 0.226. The van der Waals surface area contributed by atoms with E-state index in [4.69, 9.17) is 9.47 Å². The van der Waals surface area contributed by atoms with E-state index in [1.54, 1.807) is 30.5 Å². The maximum Gasteiger partial charge on any atom is 0.165 e. The molecule has 18 heavy (non-hydrogen) atoms. The quantitative estimate of drug-likeness (QED) is 0.809. The van der Waals surface area contributed by atoms with Gasteiger partial charge in [0.1, 0.15) is 17.0 Å². The summed E-state index contributed by atoms with van der Waals surface area (Å²) >= 11 is 3.24. The van der Waals surface area contributed by atoms with Gasteiger partial charge in [0.05, 0.1) is 13.3 Å². The summed E-state index contributed by atoms with van der Waals surface area (Å²) in [6, 6.07) is 8.30. The third-order valence-corrected chi connectivity index (χ3v) is 2.79. The molecule has 0 aliphatic heterocycles. The molecule has 2 rings (SSSR count). The van der Waals surface area contributed by atoms with Crippen LogP contribution in [0.3, 0.4) is 0 Å². The topological polar surface area (TPSA) is 31.4 Å². The van der Waals surface area contributed by atoms with Gasteiger partial charge in [-0.2, -0.15) is 0 Å². The van der Waals surface area contributed by atoms with Crippen molar-refractivity contribution in [2.75, 3.05) is 7.11 Å². The van der Waals surface area contributed by atoms with Crippen LogP contribution in [0, 0.1) is 5.82 Å². The van der Waals surface area contributed by atoms with E-state index in [9.17, 15) is 4.39 Å². The predicted octanol–water partition coefficient (Wildman–Crippen LogP) is 3.57. The number of ether oxygens (including phenoxy) is 2. The van der Waals surface area contributed by atoms with Crippen LogP contribution in [0.2, 0.25) is 0 Å².